The summed E-state index contributed by atoms with van der Waals surface area (Å²) < 4.78 is 0. The predicted molar refractivity (Wildman–Crippen MR) is 66.5 cm³/mol. The minimum absolute atomic E-state index is 0.146. The molecular formula is C13H12Cl2O2. The summed E-state index contributed by atoms with van der Waals surface area (Å²) >= 11 is 12.3. The molecule has 3 aliphatic rings. The molecule has 1 N–H and O–H groups in total. The second kappa shape index (κ2) is 3.39. The monoisotopic (exact) mass is 270 g/mol. The van der Waals surface area contributed by atoms with Gasteiger partial charge in [0.15, 0.2) is 0 Å². The maximum atomic E-state index is 11.0. The molecule has 1 aromatic carbocycles. The first-order valence-electron chi connectivity index (χ1n) is 5.63. The summed E-state index contributed by atoms with van der Waals surface area (Å²) in [4.78, 5) is 11.0. The number of aliphatic carboxylic acids is 1. The van der Waals surface area contributed by atoms with Crippen LogP contribution in [0.3, 0.4) is 0 Å². The largest absolute Gasteiger partial charge is 0.481 e. The molecule has 17 heavy (non-hydrogen) atoms. The summed E-state index contributed by atoms with van der Waals surface area (Å²) in [5, 5.41) is 10.4. The van der Waals surface area contributed by atoms with Gasteiger partial charge in [0, 0.05) is 10.0 Å². The van der Waals surface area contributed by atoms with Crippen LogP contribution in [0, 0.1) is 10.8 Å². The molecule has 4 heteroatoms. The molecule has 3 aliphatic carbocycles. The van der Waals surface area contributed by atoms with Gasteiger partial charge >= 0.3 is 5.97 Å². The van der Waals surface area contributed by atoms with Gasteiger partial charge in [0.25, 0.3) is 0 Å². The number of rotatable bonds is 3. The van der Waals surface area contributed by atoms with Crippen LogP contribution >= 0.6 is 23.2 Å². The summed E-state index contributed by atoms with van der Waals surface area (Å²) in [7, 11) is 0. The zero-order valence-electron chi connectivity index (χ0n) is 9.17. The molecule has 2 bridgehead atoms. The first-order chi connectivity index (χ1) is 7.96. The molecule has 0 aromatic heterocycles. The maximum Gasteiger partial charge on any atom is 0.309 e. The van der Waals surface area contributed by atoms with E-state index >= 15 is 0 Å². The van der Waals surface area contributed by atoms with Crippen molar-refractivity contribution < 1.29 is 9.90 Å². The van der Waals surface area contributed by atoms with Crippen LogP contribution in [0.1, 0.15) is 24.8 Å². The quantitative estimate of drug-likeness (QED) is 0.908. The Morgan fingerprint density at radius 1 is 1.24 bits per heavy atom. The van der Waals surface area contributed by atoms with Gasteiger partial charge in [-0.2, -0.15) is 0 Å². The van der Waals surface area contributed by atoms with Crippen LogP contribution in [-0.2, 0) is 11.2 Å². The Morgan fingerprint density at radius 2 is 1.76 bits per heavy atom. The molecule has 2 nitrogen and oxygen atoms in total. The molecule has 0 saturated heterocycles. The summed E-state index contributed by atoms with van der Waals surface area (Å²) in [6, 6.07) is 5.50. The van der Waals surface area contributed by atoms with Gasteiger partial charge in [-0.15, -0.1) is 0 Å². The Bertz CT molecular complexity index is 470. The first kappa shape index (κ1) is 11.4. The third-order valence-corrected chi connectivity index (χ3v) is 4.92. The van der Waals surface area contributed by atoms with Gasteiger partial charge < -0.3 is 5.11 Å². The Hall–Kier alpha value is -0.730. The van der Waals surface area contributed by atoms with Crippen molar-refractivity contribution in [3.63, 3.8) is 0 Å². The van der Waals surface area contributed by atoms with E-state index in [4.69, 9.17) is 28.3 Å². The molecular weight excluding hydrogens is 259 g/mol. The van der Waals surface area contributed by atoms with Crippen LogP contribution in [0.15, 0.2) is 18.2 Å². The molecule has 0 heterocycles. The average molecular weight is 271 g/mol. The van der Waals surface area contributed by atoms with E-state index in [9.17, 15) is 4.79 Å². The number of hydrogen-bond donors (Lipinski definition) is 1. The standard InChI is InChI=1S/C13H12Cl2O2/c14-9-2-1-3-10(15)8(9)4-12-5-13(6-12,7-12)11(16)17/h1-3H,4-7H2,(H,16,17). The summed E-state index contributed by atoms with van der Waals surface area (Å²) in [6.45, 7) is 0. The lowest BCUT2D eigenvalue weighted by atomic mass is 9.34. The van der Waals surface area contributed by atoms with Crippen LogP contribution in [-0.4, -0.2) is 11.1 Å². The van der Waals surface area contributed by atoms with Crippen molar-refractivity contribution in [1.82, 2.24) is 0 Å². The van der Waals surface area contributed by atoms with E-state index in [0.29, 0.717) is 10.0 Å². The highest BCUT2D eigenvalue weighted by atomic mass is 35.5. The molecule has 0 spiro atoms. The molecule has 0 unspecified atom stereocenters. The van der Waals surface area contributed by atoms with Crippen molar-refractivity contribution in [2.45, 2.75) is 25.7 Å². The second-order valence-corrected chi connectivity index (χ2v) is 6.31. The van der Waals surface area contributed by atoms with Crippen LogP contribution < -0.4 is 0 Å². The van der Waals surface area contributed by atoms with E-state index in [1.165, 1.54) is 0 Å². The fraction of sp³-hybridized carbons (Fsp3) is 0.462. The number of carboxylic acid groups (broad SMARTS) is 1. The van der Waals surface area contributed by atoms with Crippen LogP contribution in [0.5, 0.6) is 0 Å². The average Bonchev–Trinajstić information content (AvgIpc) is 2.11. The van der Waals surface area contributed by atoms with E-state index in [2.05, 4.69) is 0 Å². The van der Waals surface area contributed by atoms with E-state index in [-0.39, 0.29) is 5.41 Å². The Kier molecular flexibility index (Phi) is 2.27. The molecule has 3 fully saturated rings. The summed E-state index contributed by atoms with van der Waals surface area (Å²) in [5.41, 5.74) is 0.690. The summed E-state index contributed by atoms with van der Waals surface area (Å²) in [6.07, 6.45) is 3.13. The van der Waals surface area contributed by atoms with E-state index in [1.54, 1.807) is 0 Å². The summed E-state index contributed by atoms with van der Waals surface area (Å²) in [5.74, 6) is -0.648. The highest BCUT2D eigenvalue weighted by molar-refractivity contribution is 6.36. The van der Waals surface area contributed by atoms with Crippen LogP contribution in [0.2, 0.25) is 10.0 Å². The minimum Gasteiger partial charge on any atom is -0.481 e. The molecule has 0 amide bonds. The molecule has 0 aliphatic heterocycles. The topological polar surface area (TPSA) is 37.3 Å². The van der Waals surface area contributed by atoms with Crippen molar-refractivity contribution >= 4 is 29.2 Å². The predicted octanol–water partition coefficient (Wildman–Crippen LogP) is 3.79. The van der Waals surface area contributed by atoms with E-state index in [0.717, 1.165) is 31.2 Å². The number of benzene rings is 1. The lowest BCUT2D eigenvalue weighted by Crippen LogP contribution is -2.66. The Morgan fingerprint density at radius 3 is 2.24 bits per heavy atom. The van der Waals surface area contributed by atoms with Gasteiger partial charge in [-0.05, 0) is 48.8 Å². The number of hydrogen-bond acceptors (Lipinski definition) is 1. The third-order valence-electron chi connectivity index (χ3n) is 4.21. The molecule has 0 radical (unpaired) electrons. The molecule has 4 rings (SSSR count). The molecule has 1 aromatic rings. The van der Waals surface area contributed by atoms with Crippen molar-refractivity contribution in [1.29, 1.82) is 0 Å². The van der Waals surface area contributed by atoms with Gasteiger partial charge in [0.1, 0.15) is 0 Å². The molecule has 3 saturated carbocycles. The third kappa shape index (κ3) is 1.50. The van der Waals surface area contributed by atoms with Gasteiger partial charge in [-0.3, -0.25) is 4.79 Å². The zero-order chi connectivity index (χ0) is 12.3. The highest BCUT2D eigenvalue weighted by Gasteiger charge is 2.71. The molecule has 0 atom stereocenters. The number of carbonyl (C=O) groups is 1. The van der Waals surface area contributed by atoms with Gasteiger partial charge in [0.2, 0.25) is 0 Å². The number of carboxylic acids is 1. The number of halogens is 2. The van der Waals surface area contributed by atoms with Crippen LogP contribution in [0.25, 0.3) is 0 Å². The fourth-order valence-electron chi connectivity index (χ4n) is 3.49. The minimum atomic E-state index is -0.648. The Balaban J connectivity index is 1.77. The van der Waals surface area contributed by atoms with Crippen molar-refractivity contribution in [3.05, 3.63) is 33.8 Å². The Labute approximate surface area is 110 Å². The van der Waals surface area contributed by atoms with Gasteiger partial charge in [-0.25, -0.2) is 0 Å². The van der Waals surface area contributed by atoms with Crippen molar-refractivity contribution in [2.75, 3.05) is 0 Å². The fourth-order valence-corrected chi connectivity index (χ4v) is 4.02. The maximum absolute atomic E-state index is 11.0. The lowest BCUT2D eigenvalue weighted by Gasteiger charge is -2.68. The zero-order valence-corrected chi connectivity index (χ0v) is 10.7. The van der Waals surface area contributed by atoms with Crippen molar-refractivity contribution in [3.8, 4) is 0 Å². The SMILES string of the molecule is O=C(O)C12CC(Cc3c(Cl)cccc3Cl)(C1)C2. The normalized spacial score (nSPS) is 33.8. The van der Waals surface area contributed by atoms with E-state index in [1.807, 2.05) is 18.2 Å². The first-order valence-corrected chi connectivity index (χ1v) is 6.38. The molecule has 90 valence electrons. The smallest absolute Gasteiger partial charge is 0.309 e. The second-order valence-electron chi connectivity index (χ2n) is 5.49. The van der Waals surface area contributed by atoms with Gasteiger partial charge in [0.05, 0.1) is 5.41 Å². The highest BCUT2D eigenvalue weighted by Crippen LogP contribution is 2.74. The lowest BCUT2D eigenvalue weighted by molar-refractivity contribution is -0.222. The van der Waals surface area contributed by atoms with Crippen LogP contribution in [0.4, 0.5) is 0 Å². The van der Waals surface area contributed by atoms with E-state index < -0.39 is 11.4 Å². The van der Waals surface area contributed by atoms with Crippen molar-refractivity contribution in [2.24, 2.45) is 10.8 Å². The van der Waals surface area contributed by atoms with Gasteiger partial charge in [-0.1, -0.05) is 29.3 Å².